The second kappa shape index (κ2) is 5.63. The first-order valence-corrected chi connectivity index (χ1v) is 6.70. The number of aromatic nitrogens is 2. The lowest BCUT2D eigenvalue weighted by atomic mass is 10.4. The van der Waals surface area contributed by atoms with Gasteiger partial charge < -0.3 is 0 Å². The molecular weight excluding hydrogens is 322 g/mol. The van der Waals surface area contributed by atoms with E-state index in [9.17, 15) is 0 Å². The Balaban J connectivity index is 2.31. The van der Waals surface area contributed by atoms with Crippen LogP contribution in [-0.4, -0.2) is 9.97 Å². The maximum absolute atomic E-state index is 5.95. The van der Waals surface area contributed by atoms with Crippen molar-refractivity contribution < 1.29 is 0 Å². The van der Waals surface area contributed by atoms with E-state index in [2.05, 4.69) is 9.97 Å². The Kier molecular flexibility index (Phi) is 4.39. The van der Waals surface area contributed by atoms with E-state index in [0.29, 0.717) is 20.1 Å². The molecule has 0 unspecified atom stereocenters. The standard InChI is InChI=1S/C10H4Cl4N2S/c11-6-2-1-5(3-7(6)12)17-9-8(13)4-15-10(14)16-9/h1-4H. The van der Waals surface area contributed by atoms with Crippen LogP contribution in [0.25, 0.3) is 0 Å². The number of hydrogen-bond acceptors (Lipinski definition) is 3. The predicted octanol–water partition coefficient (Wildman–Crippen LogP) is 5.24. The van der Waals surface area contributed by atoms with Crippen LogP contribution in [0.4, 0.5) is 0 Å². The van der Waals surface area contributed by atoms with Crippen LogP contribution in [0.1, 0.15) is 0 Å². The highest BCUT2D eigenvalue weighted by Gasteiger charge is 2.08. The van der Waals surface area contributed by atoms with Gasteiger partial charge in [0.15, 0.2) is 0 Å². The Hall–Kier alpha value is -0.190. The lowest BCUT2D eigenvalue weighted by Crippen LogP contribution is -1.86. The van der Waals surface area contributed by atoms with E-state index in [-0.39, 0.29) is 5.28 Å². The van der Waals surface area contributed by atoms with Gasteiger partial charge in [0, 0.05) is 4.90 Å². The van der Waals surface area contributed by atoms with Crippen molar-refractivity contribution in [3.8, 4) is 0 Å². The second-order valence-corrected chi connectivity index (χ2v) is 5.59. The third-order valence-corrected chi connectivity index (χ3v) is 4.09. The summed E-state index contributed by atoms with van der Waals surface area (Å²) in [5, 5.41) is 2.14. The second-order valence-electron chi connectivity index (χ2n) is 2.97. The molecule has 1 aromatic heterocycles. The first-order valence-electron chi connectivity index (χ1n) is 4.37. The average Bonchev–Trinajstić information content (AvgIpc) is 2.29. The van der Waals surface area contributed by atoms with Crippen LogP contribution in [-0.2, 0) is 0 Å². The van der Waals surface area contributed by atoms with Gasteiger partial charge in [0.25, 0.3) is 0 Å². The fourth-order valence-corrected chi connectivity index (χ4v) is 2.63. The van der Waals surface area contributed by atoms with Gasteiger partial charge in [-0.1, -0.05) is 46.6 Å². The van der Waals surface area contributed by atoms with Gasteiger partial charge in [-0.25, -0.2) is 9.97 Å². The molecule has 2 aromatic rings. The molecule has 7 heteroatoms. The van der Waals surface area contributed by atoms with Crippen molar-refractivity contribution >= 4 is 58.2 Å². The molecule has 0 amide bonds. The summed E-state index contributed by atoms with van der Waals surface area (Å²) >= 11 is 24.7. The molecule has 17 heavy (non-hydrogen) atoms. The SMILES string of the molecule is Clc1ncc(Cl)c(Sc2ccc(Cl)c(Cl)c2)n1. The van der Waals surface area contributed by atoms with E-state index in [0.717, 1.165) is 4.90 Å². The Morgan fingerprint density at radius 2 is 1.71 bits per heavy atom. The summed E-state index contributed by atoms with van der Waals surface area (Å²) in [5.74, 6) is 0. The smallest absolute Gasteiger partial charge is 0.223 e. The average molecular weight is 326 g/mol. The maximum Gasteiger partial charge on any atom is 0.223 e. The van der Waals surface area contributed by atoms with E-state index in [1.54, 1.807) is 12.1 Å². The van der Waals surface area contributed by atoms with Gasteiger partial charge in [-0.3, -0.25) is 0 Å². The van der Waals surface area contributed by atoms with Crippen LogP contribution in [0.2, 0.25) is 20.4 Å². The van der Waals surface area contributed by atoms with Gasteiger partial charge in [0.05, 0.1) is 21.3 Å². The third-order valence-electron chi connectivity index (χ3n) is 1.79. The fraction of sp³-hybridized carbons (Fsp3) is 0. The number of hydrogen-bond donors (Lipinski definition) is 0. The zero-order valence-electron chi connectivity index (χ0n) is 8.12. The van der Waals surface area contributed by atoms with E-state index >= 15 is 0 Å². The molecule has 0 radical (unpaired) electrons. The molecule has 1 heterocycles. The van der Waals surface area contributed by atoms with Gasteiger partial charge in [-0.15, -0.1) is 0 Å². The molecule has 0 bridgehead atoms. The highest BCUT2D eigenvalue weighted by atomic mass is 35.5. The molecule has 0 spiro atoms. The molecule has 0 aliphatic rings. The molecule has 0 fully saturated rings. The first kappa shape index (κ1) is 13.2. The monoisotopic (exact) mass is 324 g/mol. The molecule has 2 rings (SSSR count). The van der Waals surface area contributed by atoms with E-state index in [4.69, 9.17) is 46.4 Å². The van der Waals surface area contributed by atoms with Gasteiger partial charge in [-0.05, 0) is 29.8 Å². The van der Waals surface area contributed by atoms with Crippen molar-refractivity contribution in [2.45, 2.75) is 9.92 Å². The van der Waals surface area contributed by atoms with Crippen molar-refractivity contribution in [2.24, 2.45) is 0 Å². The van der Waals surface area contributed by atoms with Crippen LogP contribution < -0.4 is 0 Å². The molecule has 0 saturated heterocycles. The summed E-state index contributed by atoms with van der Waals surface area (Å²) in [5.41, 5.74) is 0. The summed E-state index contributed by atoms with van der Waals surface area (Å²) in [6, 6.07) is 5.27. The minimum atomic E-state index is 0.150. The summed E-state index contributed by atoms with van der Waals surface area (Å²) in [6.07, 6.45) is 1.46. The summed E-state index contributed by atoms with van der Waals surface area (Å²) in [6.45, 7) is 0. The number of rotatable bonds is 2. The van der Waals surface area contributed by atoms with E-state index in [1.165, 1.54) is 18.0 Å². The van der Waals surface area contributed by atoms with Crippen molar-refractivity contribution in [3.05, 3.63) is 44.7 Å². The molecular formula is C10H4Cl4N2S. The van der Waals surface area contributed by atoms with Gasteiger partial charge in [0.1, 0.15) is 5.03 Å². The highest BCUT2D eigenvalue weighted by Crippen LogP contribution is 2.34. The molecule has 0 atom stereocenters. The minimum Gasteiger partial charge on any atom is -0.225 e. The quantitative estimate of drug-likeness (QED) is 0.557. The van der Waals surface area contributed by atoms with Crippen LogP contribution >= 0.6 is 58.2 Å². The molecule has 0 aliphatic heterocycles. The Morgan fingerprint density at radius 3 is 2.41 bits per heavy atom. The molecule has 2 nitrogen and oxygen atoms in total. The van der Waals surface area contributed by atoms with Gasteiger partial charge >= 0.3 is 0 Å². The van der Waals surface area contributed by atoms with E-state index < -0.39 is 0 Å². The van der Waals surface area contributed by atoms with Crippen molar-refractivity contribution in [1.29, 1.82) is 0 Å². The van der Waals surface area contributed by atoms with Crippen molar-refractivity contribution in [3.63, 3.8) is 0 Å². The number of benzene rings is 1. The summed E-state index contributed by atoms with van der Waals surface area (Å²) in [7, 11) is 0. The molecule has 88 valence electrons. The molecule has 0 N–H and O–H groups in total. The van der Waals surface area contributed by atoms with Gasteiger partial charge in [0.2, 0.25) is 5.28 Å². The third kappa shape index (κ3) is 3.39. The van der Waals surface area contributed by atoms with Crippen LogP contribution in [0.3, 0.4) is 0 Å². The maximum atomic E-state index is 5.95. The van der Waals surface area contributed by atoms with Crippen molar-refractivity contribution in [2.75, 3.05) is 0 Å². The van der Waals surface area contributed by atoms with Crippen LogP contribution in [0.5, 0.6) is 0 Å². The lowest BCUT2D eigenvalue weighted by Gasteiger charge is -2.04. The number of nitrogens with zero attached hydrogens (tertiary/aromatic N) is 2. The Bertz CT molecular complexity index is 562. The normalized spacial score (nSPS) is 10.6. The minimum absolute atomic E-state index is 0.150. The van der Waals surface area contributed by atoms with Crippen LogP contribution in [0, 0.1) is 0 Å². The summed E-state index contributed by atoms with van der Waals surface area (Å²) < 4.78 is 0. The molecule has 0 aliphatic carbocycles. The largest absolute Gasteiger partial charge is 0.225 e. The topological polar surface area (TPSA) is 25.8 Å². The fourth-order valence-electron chi connectivity index (χ4n) is 1.05. The van der Waals surface area contributed by atoms with Gasteiger partial charge in [-0.2, -0.15) is 0 Å². The Morgan fingerprint density at radius 1 is 0.941 bits per heavy atom. The predicted molar refractivity (Wildman–Crippen MR) is 72.6 cm³/mol. The zero-order valence-corrected chi connectivity index (χ0v) is 12.0. The number of halogens is 4. The molecule has 1 aromatic carbocycles. The van der Waals surface area contributed by atoms with E-state index in [1.807, 2.05) is 6.07 Å². The summed E-state index contributed by atoms with van der Waals surface area (Å²) in [4.78, 5) is 8.68. The van der Waals surface area contributed by atoms with Crippen LogP contribution in [0.15, 0.2) is 34.3 Å². The lowest BCUT2D eigenvalue weighted by molar-refractivity contribution is 1.05. The zero-order chi connectivity index (χ0) is 12.4. The highest BCUT2D eigenvalue weighted by molar-refractivity contribution is 7.99. The first-order chi connectivity index (χ1) is 8.06. The Labute approximate surface area is 122 Å². The molecule has 0 saturated carbocycles. The van der Waals surface area contributed by atoms with Crippen molar-refractivity contribution in [1.82, 2.24) is 9.97 Å².